The monoisotopic (exact) mass is 406 g/mol. The average Bonchev–Trinajstić information content (AvgIpc) is 2.62. The van der Waals surface area contributed by atoms with Gasteiger partial charge >= 0.3 is 0 Å². The van der Waals surface area contributed by atoms with Gasteiger partial charge in [0.1, 0.15) is 0 Å². The van der Waals surface area contributed by atoms with Crippen LogP contribution < -0.4 is 5.32 Å². The van der Waals surface area contributed by atoms with Gasteiger partial charge in [-0.15, -0.1) is 11.8 Å². The lowest BCUT2D eigenvalue weighted by molar-refractivity contribution is -0.113. The topological polar surface area (TPSA) is 66.5 Å². The molecule has 1 amide bonds. The van der Waals surface area contributed by atoms with Crippen molar-refractivity contribution in [2.75, 3.05) is 24.2 Å². The highest BCUT2D eigenvalue weighted by molar-refractivity contribution is 8.00. The van der Waals surface area contributed by atoms with Gasteiger partial charge in [-0.25, -0.2) is 8.42 Å². The summed E-state index contributed by atoms with van der Waals surface area (Å²) in [4.78, 5) is 13.5. The first-order valence-corrected chi connectivity index (χ1v) is 11.3. The van der Waals surface area contributed by atoms with E-state index in [0.717, 1.165) is 10.5 Å². The molecule has 0 aromatic heterocycles. The molecule has 2 aromatic carbocycles. The number of sulfonamides is 1. The maximum atomic E-state index is 12.6. The summed E-state index contributed by atoms with van der Waals surface area (Å²) in [5.41, 5.74) is 2.81. The molecule has 146 valence electrons. The summed E-state index contributed by atoms with van der Waals surface area (Å²) in [6.07, 6.45) is 0. The minimum atomic E-state index is -3.55. The van der Waals surface area contributed by atoms with Crippen molar-refractivity contribution in [3.05, 3.63) is 53.6 Å². The van der Waals surface area contributed by atoms with Crippen LogP contribution in [0.5, 0.6) is 0 Å². The highest BCUT2D eigenvalue weighted by Gasteiger charge is 2.21. The quantitative estimate of drug-likeness (QED) is 0.671. The summed E-state index contributed by atoms with van der Waals surface area (Å²) in [5.74, 6) is 0.0917. The molecule has 0 fully saturated rings. The van der Waals surface area contributed by atoms with E-state index >= 15 is 0 Å². The molecule has 0 atom stereocenters. The molecule has 0 aliphatic rings. The first-order valence-electron chi connectivity index (χ1n) is 8.88. The highest BCUT2D eigenvalue weighted by atomic mass is 32.2. The molecule has 1 N–H and O–H groups in total. The van der Waals surface area contributed by atoms with Crippen LogP contribution >= 0.6 is 11.8 Å². The molecular weight excluding hydrogens is 380 g/mol. The van der Waals surface area contributed by atoms with E-state index in [9.17, 15) is 13.2 Å². The van der Waals surface area contributed by atoms with E-state index in [4.69, 9.17) is 0 Å². The molecule has 0 spiro atoms. The number of anilines is 1. The molecule has 5 nitrogen and oxygen atoms in total. The van der Waals surface area contributed by atoms with Crippen molar-refractivity contribution >= 4 is 33.4 Å². The van der Waals surface area contributed by atoms with Gasteiger partial charge in [0.2, 0.25) is 15.9 Å². The molecule has 0 radical (unpaired) electrons. The molecule has 0 saturated heterocycles. The van der Waals surface area contributed by atoms with Crippen molar-refractivity contribution in [2.45, 2.75) is 37.5 Å². The standard InChI is InChI=1S/C20H26N2O3S2/c1-5-22(6-2)27(24,25)18-9-7-8-17(13-18)21-20(23)14-26-19-11-10-15(3)12-16(19)4/h7-13H,5-6,14H2,1-4H3,(H,21,23). The van der Waals surface area contributed by atoms with E-state index in [0.29, 0.717) is 18.8 Å². The molecule has 0 unspecified atom stereocenters. The Bertz CT molecular complexity index is 907. The normalized spacial score (nSPS) is 11.6. The smallest absolute Gasteiger partial charge is 0.243 e. The van der Waals surface area contributed by atoms with Crippen LogP contribution in [-0.2, 0) is 14.8 Å². The van der Waals surface area contributed by atoms with Crippen molar-refractivity contribution in [2.24, 2.45) is 0 Å². The Hall–Kier alpha value is -1.83. The fourth-order valence-electron chi connectivity index (χ4n) is 2.75. The minimum absolute atomic E-state index is 0.169. The van der Waals surface area contributed by atoms with E-state index in [1.165, 1.54) is 27.7 Å². The van der Waals surface area contributed by atoms with Gasteiger partial charge in [0.25, 0.3) is 0 Å². The molecule has 0 saturated carbocycles. The zero-order valence-corrected chi connectivity index (χ0v) is 17.8. The lowest BCUT2D eigenvalue weighted by Crippen LogP contribution is -2.30. The second kappa shape index (κ2) is 9.39. The Morgan fingerprint density at radius 2 is 1.78 bits per heavy atom. The number of carbonyl (C=O) groups is 1. The largest absolute Gasteiger partial charge is 0.325 e. The van der Waals surface area contributed by atoms with Gasteiger partial charge in [-0.3, -0.25) is 4.79 Å². The summed E-state index contributed by atoms with van der Waals surface area (Å²) in [5, 5.41) is 2.79. The Morgan fingerprint density at radius 1 is 1.07 bits per heavy atom. The average molecular weight is 407 g/mol. The third-order valence-corrected chi connectivity index (χ3v) is 7.37. The Labute approximate surface area is 166 Å². The second-order valence-electron chi connectivity index (χ2n) is 6.22. The number of rotatable bonds is 8. The van der Waals surface area contributed by atoms with Gasteiger partial charge in [-0.1, -0.05) is 37.6 Å². The minimum Gasteiger partial charge on any atom is -0.325 e. The SMILES string of the molecule is CCN(CC)S(=O)(=O)c1cccc(NC(=O)CSc2ccc(C)cc2C)c1. The van der Waals surface area contributed by atoms with Crippen LogP contribution in [0.25, 0.3) is 0 Å². The molecule has 0 aliphatic carbocycles. The third kappa shape index (κ3) is 5.57. The zero-order chi connectivity index (χ0) is 20.0. The molecule has 0 heterocycles. The number of thioether (sulfide) groups is 1. The summed E-state index contributed by atoms with van der Waals surface area (Å²) < 4.78 is 26.6. The summed E-state index contributed by atoms with van der Waals surface area (Å²) >= 11 is 1.47. The number of carbonyl (C=O) groups excluding carboxylic acids is 1. The summed E-state index contributed by atoms with van der Waals surface area (Å²) in [6.45, 7) is 8.47. The first-order chi connectivity index (χ1) is 12.8. The zero-order valence-electron chi connectivity index (χ0n) is 16.2. The molecule has 2 rings (SSSR count). The van der Waals surface area contributed by atoms with E-state index in [-0.39, 0.29) is 16.6 Å². The molecule has 2 aromatic rings. The molecule has 0 bridgehead atoms. The number of aryl methyl sites for hydroxylation is 2. The van der Waals surface area contributed by atoms with Crippen molar-refractivity contribution in [1.29, 1.82) is 0 Å². The number of hydrogen-bond donors (Lipinski definition) is 1. The number of amides is 1. The van der Waals surface area contributed by atoms with Gasteiger partial charge in [0.15, 0.2) is 0 Å². The number of nitrogens with one attached hydrogen (secondary N) is 1. The van der Waals surface area contributed by atoms with Gasteiger partial charge in [0, 0.05) is 23.7 Å². The van der Waals surface area contributed by atoms with Crippen LogP contribution in [0.15, 0.2) is 52.3 Å². The number of benzene rings is 2. The van der Waals surface area contributed by atoms with E-state index in [1.54, 1.807) is 32.0 Å². The summed E-state index contributed by atoms with van der Waals surface area (Å²) in [6, 6.07) is 12.5. The van der Waals surface area contributed by atoms with Gasteiger partial charge in [0.05, 0.1) is 10.6 Å². The van der Waals surface area contributed by atoms with Gasteiger partial charge in [-0.05, 0) is 43.7 Å². The van der Waals surface area contributed by atoms with E-state index < -0.39 is 10.0 Å². The summed E-state index contributed by atoms with van der Waals surface area (Å²) in [7, 11) is -3.55. The van der Waals surface area contributed by atoms with Gasteiger partial charge in [-0.2, -0.15) is 4.31 Å². The highest BCUT2D eigenvalue weighted by Crippen LogP contribution is 2.24. The molecule has 0 aliphatic heterocycles. The number of hydrogen-bond acceptors (Lipinski definition) is 4. The van der Waals surface area contributed by atoms with Crippen LogP contribution in [0.2, 0.25) is 0 Å². The molecular formula is C20H26N2O3S2. The van der Waals surface area contributed by atoms with Crippen LogP contribution in [-0.4, -0.2) is 37.5 Å². The van der Waals surface area contributed by atoms with Gasteiger partial charge < -0.3 is 5.32 Å². The lowest BCUT2D eigenvalue weighted by Gasteiger charge is -2.18. The van der Waals surface area contributed by atoms with Crippen LogP contribution in [0.3, 0.4) is 0 Å². The molecule has 27 heavy (non-hydrogen) atoms. The van der Waals surface area contributed by atoms with Crippen LogP contribution in [0, 0.1) is 13.8 Å². The molecule has 7 heteroatoms. The van der Waals surface area contributed by atoms with Crippen molar-refractivity contribution in [3.8, 4) is 0 Å². The third-order valence-electron chi connectivity index (χ3n) is 4.15. The van der Waals surface area contributed by atoms with E-state index in [2.05, 4.69) is 11.4 Å². The maximum Gasteiger partial charge on any atom is 0.243 e. The fourth-order valence-corrected chi connectivity index (χ4v) is 5.06. The van der Waals surface area contributed by atoms with Crippen molar-refractivity contribution in [3.63, 3.8) is 0 Å². The number of nitrogens with zero attached hydrogens (tertiary/aromatic N) is 1. The fraction of sp³-hybridized carbons (Fsp3) is 0.350. The lowest BCUT2D eigenvalue weighted by atomic mass is 10.2. The Morgan fingerprint density at radius 3 is 2.41 bits per heavy atom. The maximum absolute atomic E-state index is 12.6. The first kappa shape index (κ1) is 21.5. The van der Waals surface area contributed by atoms with E-state index in [1.807, 2.05) is 26.0 Å². The predicted molar refractivity (Wildman–Crippen MR) is 112 cm³/mol. The van der Waals surface area contributed by atoms with Crippen molar-refractivity contribution < 1.29 is 13.2 Å². The van der Waals surface area contributed by atoms with Crippen LogP contribution in [0.1, 0.15) is 25.0 Å². The second-order valence-corrected chi connectivity index (χ2v) is 9.18. The predicted octanol–water partition coefficient (Wildman–Crippen LogP) is 4.06. The van der Waals surface area contributed by atoms with Crippen LogP contribution in [0.4, 0.5) is 5.69 Å². The Balaban J connectivity index is 2.06. The Kier molecular flexibility index (Phi) is 7.47. The van der Waals surface area contributed by atoms with Crippen molar-refractivity contribution in [1.82, 2.24) is 4.31 Å².